The molecule has 1 amide bonds. The van der Waals surface area contributed by atoms with Gasteiger partial charge in [0.05, 0.1) is 12.2 Å². The fourth-order valence-corrected chi connectivity index (χ4v) is 2.40. The van der Waals surface area contributed by atoms with Gasteiger partial charge in [-0.1, -0.05) is 11.6 Å². The molecular weight excluding hydrogens is 338 g/mol. The molecule has 9 heteroatoms. The summed E-state index contributed by atoms with van der Waals surface area (Å²) >= 11 is 7.46. The highest BCUT2D eigenvalue weighted by Gasteiger charge is 2.26. The van der Waals surface area contributed by atoms with Crippen LogP contribution in [0.5, 0.6) is 0 Å². The van der Waals surface area contributed by atoms with Crippen molar-refractivity contribution in [1.29, 1.82) is 5.26 Å². The van der Waals surface area contributed by atoms with Crippen molar-refractivity contribution >= 4 is 35.3 Å². The van der Waals surface area contributed by atoms with E-state index >= 15 is 0 Å². The van der Waals surface area contributed by atoms with Crippen LogP contribution in [0.4, 0.5) is 10.6 Å². The second-order valence-corrected chi connectivity index (χ2v) is 7.04. The minimum atomic E-state index is -0.621. The summed E-state index contributed by atoms with van der Waals surface area (Å²) in [6.07, 6.45) is 2.76. The number of anilines is 1. The number of carbonyl (C=O) groups is 1. The molecule has 1 unspecified atom stereocenters. The molecule has 1 aromatic rings. The Labute approximate surface area is 145 Å². The molecular formula is C14H20ClN5O2S. The highest BCUT2D eigenvalue weighted by atomic mass is 35.5. The highest BCUT2D eigenvalue weighted by Crippen LogP contribution is 2.17. The molecule has 1 atom stereocenters. The van der Waals surface area contributed by atoms with E-state index in [2.05, 4.69) is 15.4 Å². The second-order valence-electron chi connectivity index (χ2n) is 5.77. The van der Waals surface area contributed by atoms with Crippen LogP contribution in [-0.4, -0.2) is 44.7 Å². The summed E-state index contributed by atoms with van der Waals surface area (Å²) in [5, 5.41) is 10.1. The lowest BCUT2D eigenvalue weighted by atomic mass is 10.2. The molecule has 126 valence electrons. The van der Waals surface area contributed by atoms with E-state index in [0.29, 0.717) is 5.75 Å². The SMILES string of the molecule is CSCC(C)N(Nc1cnc(C#N)c(Cl)n1)C(=O)OC(C)(C)C. The summed E-state index contributed by atoms with van der Waals surface area (Å²) in [4.78, 5) is 20.3. The normalized spacial score (nSPS) is 12.2. The summed E-state index contributed by atoms with van der Waals surface area (Å²) in [5.74, 6) is 0.955. The molecule has 1 rings (SSSR count). The number of amides is 1. The zero-order valence-corrected chi connectivity index (χ0v) is 15.3. The number of thioether (sulfide) groups is 1. The number of hydrogen-bond acceptors (Lipinski definition) is 7. The van der Waals surface area contributed by atoms with Crippen molar-refractivity contribution in [3.8, 4) is 6.07 Å². The van der Waals surface area contributed by atoms with Crippen molar-refractivity contribution in [2.75, 3.05) is 17.4 Å². The molecule has 0 aromatic carbocycles. The van der Waals surface area contributed by atoms with Crippen LogP contribution in [-0.2, 0) is 4.74 Å². The van der Waals surface area contributed by atoms with E-state index in [1.165, 1.54) is 11.2 Å². The lowest BCUT2D eigenvalue weighted by molar-refractivity contribution is 0.0248. The number of nitriles is 1. The fourth-order valence-electron chi connectivity index (χ4n) is 1.58. The van der Waals surface area contributed by atoms with Gasteiger partial charge in [-0.15, -0.1) is 0 Å². The largest absolute Gasteiger partial charge is 0.442 e. The summed E-state index contributed by atoms with van der Waals surface area (Å²) in [6, 6.07) is 1.67. The van der Waals surface area contributed by atoms with Crippen LogP contribution >= 0.6 is 23.4 Å². The molecule has 0 saturated heterocycles. The van der Waals surface area contributed by atoms with Crippen molar-refractivity contribution < 1.29 is 9.53 Å². The molecule has 0 aliphatic carbocycles. The minimum absolute atomic E-state index is 0.0261. The molecule has 0 radical (unpaired) electrons. The van der Waals surface area contributed by atoms with Crippen molar-refractivity contribution in [3.63, 3.8) is 0 Å². The maximum atomic E-state index is 12.4. The average Bonchev–Trinajstić information content (AvgIpc) is 2.43. The van der Waals surface area contributed by atoms with E-state index in [-0.39, 0.29) is 22.7 Å². The van der Waals surface area contributed by atoms with Gasteiger partial charge in [-0.25, -0.2) is 19.8 Å². The van der Waals surface area contributed by atoms with E-state index in [0.717, 1.165) is 0 Å². The van der Waals surface area contributed by atoms with E-state index in [4.69, 9.17) is 21.6 Å². The van der Waals surface area contributed by atoms with E-state index < -0.39 is 11.7 Å². The number of aromatic nitrogens is 2. The summed E-state index contributed by atoms with van der Waals surface area (Å²) in [7, 11) is 0. The van der Waals surface area contributed by atoms with Crippen molar-refractivity contribution in [3.05, 3.63) is 17.0 Å². The van der Waals surface area contributed by atoms with Gasteiger partial charge in [-0.2, -0.15) is 17.0 Å². The van der Waals surface area contributed by atoms with Gasteiger partial charge in [-0.3, -0.25) is 5.43 Å². The Hall–Kier alpha value is -1.72. The zero-order valence-electron chi connectivity index (χ0n) is 13.8. The predicted octanol–water partition coefficient (Wildman–Crippen LogP) is 3.32. The van der Waals surface area contributed by atoms with Gasteiger partial charge >= 0.3 is 6.09 Å². The van der Waals surface area contributed by atoms with Gasteiger partial charge in [0.2, 0.25) is 0 Å². The topological polar surface area (TPSA) is 91.1 Å². The number of rotatable bonds is 5. The van der Waals surface area contributed by atoms with Gasteiger partial charge in [-0.05, 0) is 34.0 Å². The number of nitrogens with zero attached hydrogens (tertiary/aromatic N) is 4. The van der Waals surface area contributed by atoms with Gasteiger partial charge in [0, 0.05) is 5.75 Å². The third kappa shape index (κ3) is 6.12. The van der Waals surface area contributed by atoms with Crippen LogP contribution in [0, 0.1) is 11.3 Å². The highest BCUT2D eigenvalue weighted by molar-refractivity contribution is 7.98. The Morgan fingerprint density at radius 2 is 2.26 bits per heavy atom. The van der Waals surface area contributed by atoms with Gasteiger partial charge in [0.1, 0.15) is 11.7 Å². The van der Waals surface area contributed by atoms with Gasteiger partial charge < -0.3 is 4.74 Å². The first-order valence-electron chi connectivity index (χ1n) is 6.88. The second kappa shape index (κ2) is 8.22. The molecule has 23 heavy (non-hydrogen) atoms. The molecule has 0 aliphatic heterocycles. The number of hydrogen-bond donors (Lipinski definition) is 1. The third-order valence-electron chi connectivity index (χ3n) is 2.51. The summed E-state index contributed by atoms with van der Waals surface area (Å²) < 4.78 is 5.40. The standard InChI is InChI=1S/C14H20ClN5O2S/c1-9(8-23-5)20(13(21)22-14(2,3)4)19-11-7-17-10(6-16)12(15)18-11/h7,9H,8H2,1-5H3,(H,18,19). The molecule has 0 bridgehead atoms. The van der Waals surface area contributed by atoms with E-state index in [9.17, 15) is 4.79 Å². The smallest absolute Gasteiger partial charge is 0.429 e. The number of carbonyl (C=O) groups excluding carboxylic acids is 1. The predicted molar refractivity (Wildman–Crippen MR) is 91.3 cm³/mol. The Morgan fingerprint density at radius 1 is 1.61 bits per heavy atom. The zero-order chi connectivity index (χ0) is 17.6. The van der Waals surface area contributed by atoms with Crippen LogP contribution < -0.4 is 5.43 Å². The summed E-state index contributed by atoms with van der Waals surface area (Å²) in [5.41, 5.74) is 2.26. The van der Waals surface area contributed by atoms with Crippen LogP contribution in [0.15, 0.2) is 6.20 Å². The van der Waals surface area contributed by atoms with Crippen LogP contribution in [0.25, 0.3) is 0 Å². The number of ether oxygens (including phenoxy) is 1. The first kappa shape index (κ1) is 19.3. The van der Waals surface area contributed by atoms with E-state index in [1.54, 1.807) is 32.5 Å². The van der Waals surface area contributed by atoms with E-state index in [1.807, 2.05) is 19.2 Å². The molecule has 1 aromatic heterocycles. The molecule has 0 aliphatic rings. The Bertz CT molecular complexity index is 600. The average molecular weight is 358 g/mol. The number of halogens is 1. The maximum absolute atomic E-state index is 12.4. The number of nitrogens with one attached hydrogen (secondary N) is 1. The van der Waals surface area contributed by atoms with Crippen LogP contribution in [0.2, 0.25) is 5.15 Å². The van der Waals surface area contributed by atoms with Gasteiger partial charge in [0.25, 0.3) is 0 Å². The molecule has 1 heterocycles. The quantitative estimate of drug-likeness (QED) is 0.808. The Morgan fingerprint density at radius 3 is 2.74 bits per heavy atom. The van der Waals surface area contributed by atoms with Crippen molar-refractivity contribution in [1.82, 2.24) is 15.0 Å². The van der Waals surface area contributed by atoms with Crippen molar-refractivity contribution in [2.24, 2.45) is 0 Å². The molecule has 7 nitrogen and oxygen atoms in total. The lowest BCUT2D eigenvalue weighted by Crippen LogP contribution is -2.46. The molecule has 0 fully saturated rings. The summed E-state index contributed by atoms with van der Waals surface area (Å²) in [6.45, 7) is 7.26. The van der Waals surface area contributed by atoms with Crippen LogP contribution in [0.3, 0.4) is 0 Å². The monoisotopic (exact) mass is 357 g/mol. The molecule has 1 N–H and O–H groups in total. The fraction of sp³-hybridized carbons (Fsp3) is 0.571. The van der Waals surface area contributed by atoms with Gasteiger partial charge in [0.15, 0.2) is 16.7 Å². The third-order valence-corrected chi connectivity index (χ3v) is 3.59. The first-order valence-corrected chi connectivity index (χ1v) is 8.65. The maximum Gasteiger partial charge on any atom is 0.429 e. The Balaban J connectivity index is 2.99. The minimum Gasteiger partial charge on any atom is -0.442 e. The number of hydrazine groups is 1. The lowest BCUT2D eigenvalue weighted by Gasteiger charge is -2.31. The molecule has 0 saturated carbocycles. The molecule has 0 spiro atoms. The van der Waals surface area contributed by atoms with Crippen molar-refractivity contribution in [2.45, 2.75) is 39.3 Å². The van der Waals surface area contributed by atoms with Crippen LogP contribution in [0.1, 0.15) is 33.4 Å². The first-order chi connectivity index (χ1) is 10.7. The Kier molecular flexibility index (Phi) is 6.91.